The lowest BCUT2D eigenvalue weighted by Gasteiger charge is -2.10. The Morgan fingerprint density at radius 1 is 1.04 bits per heavy atom. The quantitative estimate of drug-likeness (QED) is 0.642. The van der Waals surface area contributed by atoms with Gasteiger partial charge in [-0.2, -0.15) is 5.10 Å². The van der Waals surface area contributed by atoms with E-state index in [9.17, 15) is 14.7 Å². The molecule has 0 aliphatic heterocycles. The first-order valence-electron chi connectivity index (χ1n) is 8.68. The van der Waals surface area contributed by atoms with Crippen LogP contribution in [-0.2, 0) is 4.79 Å². The summed E-state index contributed by atoms with van der Waals surface area (Å²) in [6, 6.07) is 15.9. The van der Waals surface area contributed by atoms with Crippen molar-refractivity contribution >= 4 is 11.8 Å². The van der Waals surface area contributed by atoms with Crippen molar-refractivity contribution in [2.24, 2.45) is 0 Å². The maximum Gasteiger partial charge on any atom is 0.356 e. The molecule has 3 aromatic rings. The number of methoxy groups -OCH3 is 1. The van der Waals surface area contributed by atoms with Crippen molar-refractivity contribution in [3.63, 3.8) is 0 Å². The van der Waals surface area contributed by atoms with E-state index in [1.165, 1.54) is 13.0 Å². The van der Waals surface area contributed by atoms with Crippen LogP contribution in [0.3, 0.4) is 0 Å². The number of hydrogen-bond donors (Lipinski definition) is 1. The summed E-state index contributed by atoms with van der Waals surface area (Å²) in [5.41, 5.74) is 2.09. The minimum atomic E-state index is -1.10. The van der Waals surface area contributed by atoms with E-state index in [2.05, 4.69) is 5.10 Å². The molecule has 7 nitrogen and oxygen atoms in total. The predicted octanol–water partition coefficient (Wildman–Crippen LogP) is 3.60. The third kappa shape index (κ3) is 4.37. The first-order valence-corrected chi connectivity index (χ1v) is 8.68. The molecule has 0 amide bonds. The van der Waals surface area contributed by atoms with E-state index < -0.39 is 5.97 Å². The SMILES string of the molecule is COc1ccc(-n2nc(C(=O)O)cc2-c2ccc(OCCC(C)=O)cc2)cc1. The fourth-order valence-corrected chi connectivity index (χ4v) is 2.65. The number of rotatable bonds is 8. The minimum absolute atomic E-state index is 0.0485. The smallest absolute Gasteiger partial charge is 0.356 e. The molecule has 0 saturated carbocycles. The van der Waals surface area contributed by atoms with Gasteiger partial charge in [-0.1, -0.05) is 0 Å². The van der Waals surface area contributed by atoms with E-state index in [0.717, 1.165) is 5.56 Å². The van der Waals surface area contributed by atoms with Gasteiger partial charge in [0, 0.05) is 12.0 Å². The molecule has 2 aromatic carbocycles. The van der Waals surface area contributed by atoms with Crippen LogP contribution in [0.25, 0.3) is 16.9 Å². The Bertz CT molecular complexity index is 975. The number of carbonyl (C=O) groups is 2. The Kier molecular flexibility index (Phi) is 5.74. The number of carboxylic acid groups (broad SMARTS) is 1. The lowest BCUT2D eigenvalue weighted by Crippen LogP contribution is -2.03. The van der Waals surface area contributed by atoms with Crippen LogP contribution < -0.4 is 9.47 Å². The standard InChI is InChI=1S/C21H20N2O5/c1-14(24)11-12-28-18-7-3-15(4-8-18)20-13-19(21(25)26)22-23(20)16-5-9-17(27-2)10-6-16/h3-10,13H,11-12H2,1-2H3,(H,25,26). The summed E-state index contributed by atoms with van der Waals surface area (Å²) >= 11 is 0. The summed E-state index contributed by atoms with van der Waals surface area (Å²) in [4.78, 5) is 22.4. The molecule has 0 atom stereocenters. The van der Waals surface area contributed by atoms with E-state index in [0.29, 0.717) is 35.9 Å². The number of aromatic carboxylic acids is 1. The third-order valence-corrected chi connectivity index (χ3v) is 4.12. The monoisotopic (exact) mass is 380 g/mol. The normalized spacial score (nSPS) is 10.5. The maximum atomic E-state index is 11.4. The molecule has 144 valence electrons. The van der Waals surface area contributed by atoms with Crippen LogP contribution in [0.5, 0.6) is 11.5 Å². The molecule has 0 radical (unpaired) electrons. The molecule has 0 spiro atoms. The van der Waals surface area contributed by atoms with Crippen LogP contribution in [0.15, 0.2) is 54.6 Å². The lowest BCUT2D eigenvalue weighted by molar-refractivity contribution is -0.117. The van der Waals surface area contributed by atoms with Gasteiger partial charge in [0.15, 0.2) is 5.69 Å². The summed E-state index contributed by atoms with van der Waals surface area (Å²) in [5.74, 6) is 0.306. The number of hydrogen-bond acceptors (Lipinski definition) is 5. The fourth-order valence-electron chi connectivity index (χ4n) is 2.65. The van der Waals surface area contributed by atoms with Crippen molar-refractivity contribution in [3.05, 3.63) is 60.3 Å². The second-order valence-electron chi connectivity index (χ2n) is 6.15. The van der Waals surface area contributed by atoms with Crippen molar-refractivity contribution in [2.75, 3.05) is 13.7 Å². The Morgan fingerprint density at radius 2 is 1.68 bits per heavy atom. The molecule has 0 aliphatic carbocycles. The van der Waals surface area contributed by atoms with Crippen molar-refractivity contribution in [2.45, 2.75) is 13.3 Å². The summed E-state index contributed by atoms with van der Waals surface area (Å²) < 4.78 is 12.3. The average Bonchev–Trinajstić information content (AvgIpc) is 3.14. The average molecular weight is 380 g/mol. The first kappa shape index (κ1) is 19.2. The zero-order valence-electron chi connectivity index (χ0n) is 15.6. The summed E-state index contributed by atoms with van der Waals surface area (Å²) in [6.07, 6.45) is 0.355. The number of ketones is 1. The zero-order valence-corrected chi connectivity index (χ0v) is 15.6. The Balaban J connectivity index is 1.91. The predicted molar refractivity (Wildman–Crippen MR) is 103 cm³/mol. The zero-order chi connectivity index (χ0) is 20.1. The lowest BCUT2D eigenvalue weighted by atomic mass is 10.1. The number of benzene rings is 2. The highest BCUT2D eigenvalue weighted by Crippen LogP contribution is 2.27. The second-order valence-corrected chi connectivity index (χ2v) is 6.15. The molecule has 1 heterocycles. The van der Waals surface area contributed by atoms with Crippen LogP contribution in [0.4, 0.5) is 0 Å². The largest absolute Gasteiger partial charge is 0.497 e. The van der Waals surface area contributed by atoms with E-state index in [4.69, 9.17) is 9.47 Å². The van der Waals surface area contributed by atoms with Gasteiger partial charge in [0.1, 0.15) is 17.3 Å². The van der Waals surface area contributed by atoms with Gasteiger partial charge in [-0.15, -0.1) is 0 Å². The topological polar surface area (TPSA) is 90.7 Å². The molecule has 7 heteroatoms. The number of aromatic nitrogens is 2. The van der Waals surface area contributed by atoms with Gasteiger partial charge in [-0.3, -0.25) is 4.79 Å². The van der Waals surface area contributed by atoms with Gasteiger partial charge in [0.05, 0.1) is 25.1 Å². The first-order chi connectivity index (χ1) is 13.5. The molecular weight excluding hydrogens is 360 g/mol. The molecule has 0 saturated heterocycles. The molecule has 28 heavy (non-hydrogen) atoms. The molecular formula is C21H20N2O5. The fraction of sp³-hybridized carbons (Fsp3) is 0.190. The Morgan fingerprint density at radius 3 is 2.25 bits per heavy atom. The molecule has 0 fully saturated rings. The van der Waals surface area contributed by atoms with Gasteiger partial charge in [0.25, 0.3) is 0 Å². The van der Waals surface area contributed by atoms with Gasteiger partial charge >= 0.3 is 5.97 Å². The van der Waals surface area contributed by atoms with Gasteiger partial charge in [-0.25, -0.2) is 9.48 Å². The highest BCUT2D eigenvalue weighted by atomic mass is 16.5. The number of carbonyl (C=O) groups excluding carboxylic acids is 1. The van der Waals surface area contributed by atoms with Crippen LogP contribution in [0.2, 0.25) is 0 Å². The Hall–Kier alpha value is -3.61. The van der Waals surface area contributed by atoms with Crippen LogP contribution in [0, 0.1) is 0 Å². The van der Waals surface area contributed by atoms with Gasteiger partial charge in [0.2, 0.25) is 0 Å². The van der Waals surface area contributed by atoms with Crippen molar-refractivity contribution in [1.82, 2.24) is 9.78 Å². The second kappa shape index (κ2) is 8.39. The number of ether oxygens (including phenoxy) is 2. The van der Waals surface area contributed by atoms with Crippen molar-refractivity contribution in [3.8, 4) is 28.4 Å². The van der Waals surface area contributed by atoms with E-state index in [1.807, 2.05) is 12.1 Å². The van der Waals surface area contributed by atoms with Crippen molar-refractivity contribution < 1.29 is 24.2 Å². The molecule has 1 aromatic heterocycles. The number of Topliss-reactive ketones (excluding diaryl/α,β-unsaturated/α-hetero) is 1. The highest BCUT2D eigenvalue weighted by Gasteiger charge is 2.16. The van der Waals surface area contributed by atoms with E-state index in [1.54, 1.807) is 48.2 Å². The van der Waals surface area contributed by atoms with E-state index >= 15 is 0 Å². The molecule has 3 rings (SSSR count). The summed E-state index contributed by atoms with van der Waals surface area (Å²) in [6.45, 7) is 1.84. The third-order valence-electron chi connectivity index (χ3n) is 4.12. The number of nitrogens with zero attached hydrogens (tertiary/aromatic N) is 2. The molecule has 0 bridgehead atoms. The van der Waals surface area contributed by atoms with Crippen LogP contribution in [-0.4, -0.2) is 40.4 Å². The summed E-state index contributed by atoms with van der Waals surface area (Å²) in [5, 5.41) is 13.6. The maximum absolute atomic E-state index is 11.4. The van der Waals surface area contributed by atoms with Crippen LogP contribution in [0.1, 0.15) is 23.8 Å². The van der Waals surface area contributed by atoms with Crippen LogP contribution >= 0.6 is 0 Å². The Labute approximate surface area is 162 Å². The van der Waals surface area contributed by atoms with Gasteiger partial charge in [-0.05, 0) is 61.5 Å². The molecule has 0 aliphatic rings. The minimum Gasteiger partial charge on any atom is -0.497 e. The van der Waals surface area contributed by atoms with Crippen molar-refractivity contribution in [1.29, 1.82) is 0 Å². The molecule has 1 N–H and O–H groups in total. The van der Waals surface area contributed by atoms with E-state index in [-0.39, 0.29) is 11.5 Å². The van der Waals surface area contributed by atoms with Gasteiger partial charge < -0.3 is 14.6 Å². The summed E-state index contributed by atoms with van der Waals surface area (Å²) in [7, 11) is 1.58. The molecule has 0 unspecified atom stereocenters. The highest BCUT2D eigenvalue weighted by molar-refractivity contribution is 5.87. The number of carboxylic acids is 1.